The molecule has 1 aromatic carbocycles. The predicted octanol–water partition coefficient (Wildman–Crippen LogP) is 1.48. The van der Waals surface area contributed by atoms with E-state index in [1.54, 1.807) is 31.3 Å². The predicted molar refractivity (Wildman–Crippen MR) is 92.8 cm³/mol. The lowest BCUT2D eigenvalue weighted by atomic mass is 10.2. The van der Waals surface area contributed by atoms with E-state index in [4.69, 9.17) is 0 Å². The molecule has 0 atom stereocenters. The molecule has 3 rings (SSSR count). The minimum absolute atomic E-state index is 0.0727. The lowest BCUT2D eigenvalue weighted by Crippen LogP contribution is -2.49. The van der Waals surface area contributed by atoms with Crippen LogP contribution < -0.4 is 4.90 Å². The maximum absolute atomic E-state index is 12.8. The maximum Gasteiger partial charge on any atom is 0.246 e. The molecule has 0 spiro atoms. The number of rotatable bonds is 3. The van der Waals surface area contributed by atoms with Crippen molar-refractivity contribution in [2.75, 3.05) is 31.1 Å². The smallest absolute Gasteiger partial charge is 0.246 e. The first-order valence-corrected chi connectivity index (χ1v) is 9.27. The van der Waals surface area contributed by atoms with Crippen molar-refractivity contribution in [3.8, 4) is 11.8 Å². The van der Waals surface area contributed by atoms with Crippen molar-refractivity contribution in [1.29, 1.82) is 5.26 Å². The number of nitriles is 1. The number of phenols is 1. The molecule has 1 aliphatic rings. The summed E-state index contributed by atoms with van der Waals surface area (Å²) in [5, 5.41) is 19.1. The molecule has 1 saturated heterocycles. The Balaban J connectivity index is 1.80. The molecular formula is C17H18N4O3S. The summed E-state index contributed by atoms with van der Waals surface area (Å²) in [4.78, 5) is 6.07. The van der Waals surface area contributed by atoms with Crippen LogP contribution >= 0.6 is 0 Å². The minimum atomic E-state index is -3.77. The van der Waals surface area contributed by atoms with Crippen LogP contribution in [-0.4, -0.2) is 49.0 Å². The van der Waals surface area contributed by atoms with Crippen LogP contribution in [0.4, 0.5) is 5.82 Å². The van der Waals surface area contributed by atoms with E-state index in [0.717, 1.165) is 5.56 Å². The Hall–Kier alpha value is -2.63. The molecule has 0 aliphatic carbocycles. The molecule has 130 valence electrons. The van der Waals surface area contributed by atoms with Crippen LogP contribution in [0.1, 0.15) is 11.1 Å². The molecule has 0 saturated carbocycles. The number of aryl methyl sites for hydroxylation is 1. The van der Waals surface area contributed by atoms with E-state index in [1.807, 2.05) is 4.90 Å². The highest BCUT2D eigenvalue weighted by atomic mass is 32.2. The standard InChI is InChI=1S/C17H18N4O3S/c1-13-4-5-15(22)16(11-13)25(23,24)21-9-7-20(8-10-21)17-14(12-18)3-2-6-19-17/h2-6,11,22H,7-10H2,1H3. The highest BCUT2D eigenvalue weighted by Gasteiger charge is 2.31. The highest BCUT2D eigenvalue weighted by molar-refractivity contribution is 7.89. The zero-order chi connectivity index (χ0) is 18.0. The summed E-state index contributed by atoms with van der Waals surface area (Å²) in [5.41, 5.74) is 1.23. The Labute approximate surface area is 146 Å². The van der Waals surface area contributed by atoms with Crippen LogP contribution in [0, 0.1) is 18.3 Å². The molecule has 7 nitrogen and oxygen atoms in total. The zero-order valence-corrected chi connectivity index (χ0v) is 14.6. The number of piperazine rings is 1. The molecule has 0 bridgehead atoms. The van der Waals surface area contributed by atoms with Crippen LogP contribution in [0.3, 0.4) is 0 Å². The van der Waals surface area contributed by atoms with Crippen molar-refractivity contribution >= 4 is 15.8 Å². The molecule has 2 heterocycles. The van der Waals surface area contributed by atoms with Gasteiger partial charge in [0, 0.05) is 32.4 Å². The molecule has 1 fully saturated rings. The summed E-state index contributed by atoms with van der Waals surface area (Å²) in [7, 11) is -3.77. The number of pyridine rings is 1. The topological polar surface area (TPSA) is 97.5 Å². The number of aromatic hydroxyl groups is 1. The maximum atomic E-state index is 12.8. The van der Waals surface area contributed by atoms with Gasteiger partial charge in [-0.25, -0.2) is 13.4 Å². The minimum Gasteiger partial charge on any atom is -0.507 e. The van der Waals surface area contributed by atoms with Crippen molar-refractivity contribution in [3.05, 3.63) is 47.7 Å². The van der Waals surface area contributed by atoms with Crippen LogP contribution in [-0.2, 0) is 10.0 Å². The van der Waals surface area contributed by atoms with E-state index in [0.29, 0.717) is 24.5 Å². The first-order chi connectivity index (χ1) is 11.9. The Kier molecular flexibility index (Phi) is 4.61. The normalized spacial score (nSPS) is 15.8. The van der Waals surface area contributed by atoms with Crippen molar-refractivity contribution < 1.29 is 13.5 Å². The van der Waals surface area contributed by atoms with E-state index < -0.39 is 10.0 Å². The van der Waals surface area contributed by atoms with Gasteiger partial charge in [0.2, 0.25) is 10.0 Å². The van der Waals surface area contributed by atoms with Gasteiger partial charge in [-0.05, 0) is 36.8 Å². The number of hydrogen-bond donors (Lipinski definition) is 1. The fourth-order valence-corrected chi connectivity index (χ4v) is 4.43. The molecule has 1 aromatic heterocycles. The molecule has 0 amide bonds. The first-order valence-electron chi connectivity index (χ1n) is 7.83. The largest absolute Gasteiger partial charge is 0.507 e. The van der Waals surface area contributed by atoms with Gasteiger partial charge in [0.25, 0.3) is 0 Å². The Morgan fingerprint density at radius 1 is 1.20 bits per heavy atom. The average Bonchev–Trinajstić information content (AvgIpc) is 2.63. The van der Waals surface area contributed by atoms with Crippen LogP contribution in [0.5, 0.6) is 5.75 Å². The molecule has 25 heavy (non-hydrogen) atoms. The van der Waals surface area contributed by atoms with E-state index >= 15 is 0 Å². The van der Waals surface area contributed by atoms with Crippen molar-refractivity contribution in [2.24, 2.45) is 0 Å². The fourth-order valence-electron chi connectivity index (χ4n) is 2.84. The highest BCUT2D eigenvalue weighted by Crippen LogP contribution is 2.28. The van der Waals surface area contributed by atoms with Gasteiger partial charge in [0.1, 0.15) is 22.5 Å². The lowest BCUT2D eigenvalue weighted by molar-refractivity contribution is 0.379. The molecule has 1 aliphatic heterocycles. The van der Waals surface area contributed by atoms with Gasteiger partial charge in [-0.15, -0.1) is 0 Å². The molecular weight excluding hydrogens is 340 g/mol. The molecule has 0 radical (unpaired) electrons. The first kappa shape index (κ1) is 17.2. The Morgan fingerprint density at radius 3 is 2.60 bits per heavy atom. The van der Waals surface area contributed by atoms with Crippen LogP contribution in [0.25, 0.3) is 0 Å². The van der Waals surface area contributed by atoms with Crippen molar-refractivity contribution in [1.82, 2.24) is 9.29 Å². The van der Waals surface area contributed by atoms with Gasteiger partial charge in [-0.1, -0.05) is 6.07 Å². The average molecular weight is 358 g/mol. The summed E-state index contributed by atoms with van der Waals surface area (Å²) in [6.07, 6.45) is 1.62. The summed E-state index contributed by atoms with van der Waals surface area (Å²) in [5.74, 6) is 0.324. The van der Waals surface area contributed by atoms with Crippen LogP contribution in [0.15, 0.2) is 41.4 Å². The summed E-state index contributed by atoms with van der Waals surface area (Å²) >= 11 is 0. The summed E-state index contributed by atoms with van der Waals surface area (Å²) < 4.78 is 27.0. The van der Waals surface area contributed by atoms with Crippen molar-refractivity contribution in [2.45, 2.75) is 11.8 Å². The third-order valence-corrected chi connectivity index (χ3v) is 6.11. The van der Waals surface area contributed by atoms with Gasteiger partial charge in [-0.2, -0.15) is 9.57 Å². The summed E-state index contributed by atoms with van der Waals surface area (Å²) in [6, 6.07) is 10.0. The van der Waals surface area contributed by atoms with Gasteiger partial charge < -0.3 is 10.0 Å². The van der Waals surface area contributed by atoms with Gasteiger partial charge in [0.05, 0.1) is 5.56 Å². The summed E-state index contributed by atoms with van der Waals surface area (Å²) in [6.45, 7) is 3.16. The second-order valence-corrected chi connectivity index (χ2v) is 7.76. The van der Waals surface area contributed by atoms with E-state index in [-0.39, 0.29) is 23.7 Å². The second kappa shape index (κ2) is 6.70. The number of phenolic OH excluding ortho intramolecular Hbond substituents is 1. The Morgan fingerprint density at radius 2 is 1.92 bits per heavy atom. The zero-order valence-electron chi connectivity index (χ0n) is 13.8. The molecule has 8 heteroatoms. The SMILES string of the molecule is Cc1ccc(O)c(S(=O)(=O)N2CCN(c3ncccc3C#N)CC2)c1. The van der Waals surface area contributed by atoms with Gasteiger partial charge in [-0.3, -0.25) is 0 Å². The molecule has 2 aromatic rings. The van der Waals surface area contributed by atoms with Gasteiger partial charge in [0.15, 0.2) is 0 Å². The third kappa shape index (κ3) is 3.29. The van der Waals surface area contributed by atoms with Crippen molar-refractivity contribution in [3.63, 3.8) is 0 Å². The van der Waals surface area contributed by atoms with E-state index in [2.05, 4.69) is 11.1 Å². The number of benzene rings is 1. The molecule has 1 N–H and O–H groups in total. The molecule has 0 unspecified atom stereocenters. The van der Waals surface area contributed by atoms with E-state index in [1.165, 1.54) is 16.4 Å². The second-order valence-electron chi connectivity index (χ2n) is 5.85. The van der Waals surface area contributed by atoms with Gasteiger partial charge >= 0.3 is 0 Å². The number of nitrogens with zero attached hydrogens (tertiary/aromatic N) is 4. The quantitative estimate of drug-likeness (QED) is 0.892. The van der Waals surface area contributed by atoms with E-state index in [9.17, 15) is 18.8 Å². The number of aromatic nitrogens is 1. The lowest BCUT2D eigenvalue weighted by Gasteiger charge is -2.35. The third-order valence-electron chi connectivity index (χ3n) is 4.18. The fraction of sp³-hybridized carbons (Fsp3) is 0.294. The number of hydrogen-bond acceptors (Lipinski definition) is 6. The number of anilines is 1. The monoisotopic (exact) mass is 358 g/mol. The van der Waals surface area contributed by atoms with Crippen LogP contribution in [0.2, 0.25) is 0 Å². The Bertz CT molecular complexity index is 929. The number of sulfonamides is 1.